The van der Waals surface area contributed by atoms with E-state index in [1.165, 1.54) is 0 Å². The fourth-order valence-electron chi connectivity index (χ4n) is 4.80. The van der Waals surface area contributed by atoms with Crippen LogP contribution in [0.1, 0.15) is 29.2 Å². The molecule has 4 aromatic carbocycles. The Labute approximate surface area is 257 Å². The van der Waals surface area contributed by atoms with E-state index in [2.05, 4.69) is 36.8 Å². The SMILES string of the molecule is [N-]=[N+]=Nc1ccccc1C[C@]1(C(=O)NNc2ccccc2)N=C(c2ccc(OCCCO)cc2)O[C@H]1c1ccccc1Br. The number of hydrogen-bond acceptors (Lipinski definition) is 7. The quantitative estimate of drug-likeness (QED) is 0.0514. The van der Waals surface area contributed by atoms with Gasteiger partial charge in [0.05, 0.1) is 12.3 Å². The van der Waals surface area contributed by atoms with Crippen LogP contribution in [0.3, 0.4) is 0 Å². The smallest absolute Gasteiger partial charge is 0.270 e. The lowest BCUT2D eigenvalue weighted by Gasteiger charge is -2.31. The lowest BCUT2D eigenvalue weighted by atomic mass is 9.81. The van der Waals surface area contributed by atoms with Crippen LogP contribution in [0.2, 0.25) is 0 Å². The van der Waals surface area contributed by atoms with Gasteiger partial charge in [0, 0.05) is 45.6 Å². The number of para-hydroxylation sites is 1. The predicted octanol–water partition coefficient (Wildman–Crippen LogP) is 6.80. The van der Waals surface area contributed by atoms with Crippen LogP contribution >= 0.6 is 15.9 Å². The van der Waals surface area contributed by atoms with Gasteiger partial charge < -0.3 is 14.6 Å². The molecule has 5 rings (SSSR count). The van der Waals surface area contributed by atoms with Crippen LogP contribution in [0, 0.1) is 0 Å². The van der Waals surface area contributed by atoms with Gasteiger partial charge in [0.2, 0.25) is 5.90 Å². The number of rotatable bonds is 12. The molecule has 11 heteroatoms. The lowest BCUT2D eigenvalue weighted by molar-refractivity contribution is -0.128. The summed E-state index contributed by atoms with van der Waals surface area (Å²) in [6.45, 7) is 0.435. The third-order valence-electron chi connectivity index (χ3n) is 6.92. The number of amides is 1. The summed E-state index contributed by atoms with van der Waals surface area (Å²) in [4.78, 5) is 22.4. The summed E-state index contributed by atoms with van der Waals surface area (Å²) in [5.41, 5.74) is 16.6. The minimum absolute atomic E-state index is 0.0469. The summed E-state index contributed by atoms with van der Waals surface area (Å²) in [5, 5.41) is 12.9. The van der Waals surface area contributed by atoms with Gasteiger partial charge in [0.25, 0.3) is 5.91 Å². The number of nitrogens with zero attached hydrogens (tertiary/aromatic N) is 4. The second kappa shape index (κ2) is 13.9. The van der Waals surface area contributed by atoms with Crippen LogP contribution in [0.15, 0.2) is 118 Å². The number of benzene rings is 4. The first-order valence-electron chi connectivity index (χ1n) is 13.6. The predicted molar refractivity (Wildman–Crippen MR) is 168 cm³/mol. The molecule has 0 saturated carbocycles. The highest BCUT2D eigenvalue weighted by Gasteiger charge is 2.54. The number of carbonyl (C=O) groups is 1. The minimum atomic E-state index is -1.52. The number of aliphatic imine (C=N–C) groups is 1. The monoisotopic (exact) mass is 640 g/mol. The van der Waals surface area contributed by atoms with Crippen LogP contribution in [0.5, 0.6) is 5.75 Å². The number of aliphatic hydroxyl groups excluding tert-OH is 1. The number of ether oxygens (including phenoxy) is 2. The molecule has 0 bridgehead atoms. The van der Waals surface area contributed by atoms with E-state index in [0.29, 0.717) is 41.3 Å². The molecule has 0 saturated heterocycles. The Morgan fingerprint density at radius 2 is 1.74 bits per heavy atom. The normalized spacial score (nSPS) is 17.3. The van der Waals surface area contributed by atoms with Gasteiger partial charge in [-0.1, -0.05) is 81.7 Å². The Bertz CT molecular complexity index is 1640. The average Bonchev–Trinajstić information content (AvgIpc) is 3.42. The first kappa shape index (κ1) is 29.7. The summed E-state index contributed by atoms with van der Waals surface area (Å²) >= 11 is 3.64. The Morgan fingerprint density at radius 1 is 1.02 bits per heavy atom. The molecule has 4 aromatic rings. The van der Waals surface area contributed by atoms with Crippen molar-refractivity contribution in [1.29, 1.82) is 0 Å². The lowest BCUT2D eigenvalue weighted by Crippen LogP contribution is -2.51. The minimum Gasteiger partial charge on any atom is -0.494 e. The maximum absolute atomic E-state index is 14.4. The molecule has 0 radical (unpaired) electrons. The van der Waals surface area contributed by atoms with Crippen molar-refractivity contribution in [3.8, 4) is 5.75 Å². The van der Waals surface area contributed by atoms with Crippen molar-refractivity contribution in [3.63, 3.8) is 0 Å². The summed E-state index contributed by atoms with van der Waals surface area (Å²) < 4.78 is 13.0. The van der Waals surface area contributed by atoms with Crippen LogP contribution in [0.25, 0.3) is 10.4 Å². The van der Waals surface area contributed by atoms with E-state index in [9.17, 15) is 10.3 Å². The number of anilines is 1. The van der Waals surface area contributed by atoms with Gasteiger partial charge in [-0.15, -0.1) is 0 Å². The molecule has 0 aromatic heterocycles. The molecule has 1 aliphatic rings. The number of halogens is 1. The first-order chi connectivity index (χ1) is 21.0. The van der Waals surface area contributed by atoms with Gasteiger partial charge in [0.1, 0.15) is 5.75 Å². The highest BCUT2D eigenvalue weighted by molar-refractivity contribution is 9.10. The third kappa shape index (κ3) is 6.81. The van der Waals surface area contributed by atoms with Crippen molar-refractivity contribution in [2.45, 2.75) is 24.5 Å². The van der Waals surface area contributed by atoms with Crippen molar-refractivity contribution >= 4 is 39.1 Å². The fraction of sp³-hybridized carbons (Fsp3) is 0.188. The molecule has 0 fully saturated rings. The average molecular weight is 642 g/mol. The van der Waals surface area contributed by atoms with E-state index in [-0.39, 0.29) is 18.9 Å². The molecule has 1 heterocycles. The molecule has 0 aliphatic carbocycles. The summed E-state index contributed by atoms with van der Waals surface area (Å²) in [7, 11) is 0. The molecule has 218 valence electrons. The molecule has 0 spiro atoms. The van der Waals surface area contributed by atoms with Crippen molar-refractivity contribution in [2.24, 2.45) is 10.1 Å². The highest BCUT2D eigenvalue weighted by atomic mass is 79.9. The largest absolute Gasteiger partial charge is 0.494 e. The zero-order valence-corrected chi connectivity index (χ0v) is 24.6. The van der Waals surface area contributed by atoms with Gasteiger partial charge in [-0.25, -0.2) is 4.99 Å². The van der Waals surface area contributed by atoms with Crippen LogP contribution in [0.4, 0.5) is 11.4 Å². The Balaban J connectivity index is 1.60. The van der Waals surface area contributed by atoms with Gasteiger partial charge in [-0.05, 0) is 53.6 Å². The van der Waals surface area contributed by atoms with E-state index in [1.54, 1.807) is 24.3 Å². The highest BCUT2D eigenvalue weighted by Crippen LogP contribution is 2.45. The molecule has 43 heavy (non-hydrogen) atoms. The number of aliphatic hydroxyl groups is 1. The standard InChI is InChI=1S/C32H29BrN6O4/c33-27-13-6-5-12-26(27)29-32(21-23-9-4-7-14-28(23)37-39-34,31(41)38-36-24-10-2-1-3-11-24)35-30(43-29)22-15-17-25(18-16-22)42-20-8-19-40/h1-7,9-18,29,36,40H,8,19-21H2,(H,38,41)/t29-,32-/m0/s1. The van der Waals surface area contributed by atoms with E-state index < -0.39 is 17.6 Å². The summed E-state index contributed by atoms with van der Waals surface area (Å²) in [6.07, 6.45) is -0.255. The number of hydrogen-bond donors (Lipinski definition) is 3. The Kier molecular flexibility index (Phi) is 9.58. The van der Waals surface area contributed by atoms with E-state index in [1.807, 2.05) is 78.9 Å². The Hall–Kier alpha value is -4.83. The summed E-state index contributed by atoms with van der Waals surface area (Å²) in [5.74, 6) is 0.475. The van der Waals surface area contributed by atoms with Gasteiger partial charge >= 0.3 is 0 Å². The zero-order valence-electron chi connectivity index (χ0n) is 23.1. The van der Waals surface area contributed by atoms with Gasteiger partial charge in [-0.3, -0.25) is 15.6 Å². The second-order valence-corrected chi connectivity index (χ2v) is 10.6. The van der Waals surface area contributed by atoms with E-state index >= 15 is 0 Å². The molecule has 1 aliphatic heterocycles. The van der Waals surface area contributed by atoms with Crippen molar-refractivity contribution < 1.29 is 19.4 Å². The third-order valence-corrected chi connectivity index (χ3v) is 7.64. The molecule has 10 nitrogen and oxygen atoms in total. The maximum atomic E-state index is 14.4. The molecular weight excluding hydrogens is 612 g/mol. The van der Waals surface area contributed by atoms with Crippen molar-refractivity contribution in [1.82, 2.24) is 5.43 Å². The maximum Gasteiger partial charge on any atom is 0.270 e. The zero-order chi connectivity index (χ0) is 30.1. The van der Waals surface area contributed by atoms with Crippen LogP contribution in [-0.2, 0) is 16.0 Å². The second-order valence-electron chi connectivity index (χ2n) is 9.75. The van der Waals surface area contributed by atoms with E-state index in [4.69, 9.17) is 19.6 Å². The van der Waals surface area contributed by atoms with Gasteiger partial charge in [0.15, 0.2) is 11.6 Å². The first-order valence-corrected chi connectivity index (χ1v) is 14.4. The number of nitrogens with one attached hydrogen (secondary N) is 2. The molecule has 3 N–H and O–H groups in total. The van der Waals surface area contributed by atoms with Crippen LogP contribution in [-0.4, -0.2) is 35.7 Å². The molecule has 2 atom stereocenters. The molecular formula is C32H29BrN6O4. The van der Waals surface area contributed by atoms with Crippen LogP contribution < -0.4 is 15.6 Å². The topological polar surface area (TPSA) is 141 Å². The summed E-state index contributed by atoms with van der Waals surface area (Å²) in [6, 6.07) is 31.1. The van der Waals surface area contributed by atoms with Crippen molar-refractivity contribution in [3.05, 3.63) is 135 Å². The van der Waals surface area contributed by atoms with Crippen molar-refractivity contribution in [2.75, 3.05) is 18.6 Å². The number of carbonyl (C=O) groups excluding carboxylic acids is 1. The number of azide groups is 1. The van der Waals surface area contributed by atoms with Gasteiger partial charge in [-0.2, -0.15) is 0 Å². The molecule has 1 amide bonds. The number of hydrazine groups is 1. The Morgan fingerprint density at radius 3 is 2.49 bits per heavy atom. The van der Waals surface area contributed by atoms with E-state index in [0.717, 1.165) is 10.0 Å². The molecule has 0 unspecified atom stereocenters. The fourth-order valence-corrected chi connectivity index (χ4v) is 5.29.